The number of aliphatic hydroxyl groups is 2. The third-order valence-corrected chi connectivity index (χ3v) is 2.32. The number of phenolic OH excluding ortho intramolecular Hbond substituents is 1. The van der Waals surface area contributed by atoms with E-state index < -0.39 is 24.4 Å². The molecule has 18 heavy (non-hydrogen) atoms. The molecule has 1 rings (SSSR count). The van der Waals surface area contributed by atoms with Crippen molar-refractivity contribution >= 4 is 5.97 Å². The lowest BCUT2D eigenvalue weighted by Gasteiger charge is -2.17. The Bertz CT molecular complexity index is 407. The fourth-order valence-electron chi connectivity index (χ4n) is 1.33. The molecule has 0 aliphatic rings. The molecule has 0 saturated heterocycles. The average molecular weight is 255 g/mol. The van der Waals surface area contributed by atoms with Gasteiger partial charge in [-0.25, -0.2) is 0 Å². The maximum Gasteiger partial charge on any atom is 0.325 e. The van der Waals surface area contributed by atoms with Crippen LogP contribution in [0.2, 0.25) is 0 Å². The van der Waals surface area contributed by atoms with Gasteiger partial charge in [0.25, 0.3) is 0 Å². The highest BCUT2D eigenvalue weighted by atomic mass is 16.6. The van der Waals surface area contributed by atoms with Crippen molar-refractivity contribution in [2.45, 2.75) is 31.8 Å². The van der Waals surface area contributed by atoms with Gasteiger partial charge in [-0.3, -0.25) is 4.79 Å². The van der Waals surface area contributed by atoms with Crippen molar-refractivity contribution < 1.29 is 24.9 Å². The molecule has 2 unspecified atom stereocenters. The topological polar surface area (TPSA) is 113 Å². The van der Waals surface area contributed by atoms with E-state index >= 15 is 0 Å². The van der Waals surface area contributed by atoms with Gasteiger partial charge in [-0.1, -0.05) is 12.1 Å². The van der Waals surface area contributed by atoms with Gasteiger partial charge >= 0.3 is 5.97 Å². The molecule has 0 fully saturated rings. The minimum absolute atomic E-state index is 0.0806. The molecule has 1 aromatic carbocycles. The highest BCUT2D eigenvalue weighted by molar-refractivity contribution is 5.76. The number of carbonyl (C=O) groups excluding carboxylic acids is 1. The Labute approximate surface area is 105 Å². The minimum Gasteiger partial charge on any atom is -0.508 e. The Morgan fingerprint density at radius 2 is 2.11 bits per heavy atom. The number of carbonyl (C=O) groups is 1. The van der Waals surface area contributed by atoms with E-state index in [1.54, 1.807) is 12.1 Å². The van der Waals surface area contributed by atoms with E-state index in [-0.39, 0.29) is 12.2 Å². The van der Waals surface area contributed by atoms with Crippen LogP contribution in [0.15, 0.2) is 24.3 Å². The minimum atomic E-state index is -1.59. The number of esters is 1. The Kier molecular flexibility index (Phi) is 5.08. The molecule has 0 spiro atoms. The number of aliphatic hydroxyl groups excluding tert-OH is 2. The summed E-state index contributed by atoms with van der Waals surface area (Å²) in [5.74, 6) is -0.733. The van der Waals surface area contributed by atoms with Crippen molar-refractivity contribution in [1.82, 2.24) is 0 Å². The zero-order chi connectivity index (χ0) is 13.7. The third-order valence-electron chi connectivity index (χ3n) is 2.32. The van der Waals surface area contributed by atoms with Gasteiger partial charge in [-0.2, -0.15) is 0 Å². The van der Waals surface area contributed by atoms with Gasteiger partial charge in [0.2, 0.25) is 6.29 Å². The van der Waals surface area contributed by atoms with Crippen LogP contribution in [0.3, 0.4) is 0 Å². The zero-order valence-electron chi connectivity index (χ0n) is 9.98. The van der Waals surface area contributed by atoms with Gasteiger partial charge in [0.15, 0.2) is 0 Å². The van der Waals surface area contributed by atoms with Crippen LogP contribution in [-0.4, -0.2) is 39.7 Å². The van der Waals surface area contributed by atoms with E-state index in [4.69, 9.17) is 15.9 Å². The summed E-state index contributed by atoms with van der Waals surface area (Å²) in [7, 11) is 0. The predicted molar refractivity (Wildman–Crippen MR) is 63.6 cm³/mol. The number of rotatable bonds is 5. The molecule has 1 aromatic rings. The molecule has 0 amide bonds. The molecule has 0 aliphatic heterocycles. The lowest BCUT2D eigenvalue weighted by Crippen LogP contribution is -2.39. The van der Waals surface area contributed by atoms with Gasteiger partial charge in [-0.05, 0) is 31.0 Å². The molecule has 0 aliphatic carbocycles. The van der Waals surface area contributed by atoms with E-state index in [0.29, 0.717) is 5.56 Å². The maximum atomic E-state index is 11.5. The third kappa shape index (κ3) is 4.33. The Morgan fingerprint density at radius 3 is 2.67 bits per heavy atom. The van der Waals surface area contributed by atoms with Crippen molar-refractivity contribution in [3.63, 3.8) is 0 Å². The fraction of sp³-hybridized carbons (Fsp3) is 0.417. The van der Waals surface area contributed by atoms with Crippen molar-refractivity contribution in [3.05, 3.63) is 29.8 Å². The summed E-state index contributed by atoms with van der Waals surface area (Å²) in [6, 6.07) is 5.36. The molecule has 6 nitrogen and oxygen atoms in total. The van der Waals surface area contributed by atoms with Crippen LogP contribution in [0.5, 0.6) is 5.75 Å². The average Bonchev–Trinajstić information content (AvgIpc) is 2.28. The number of hydrogen-bond donors (Lipinski definition) is 4. The first-order valence-electron chi connectivity index (χ1n) is 5.50. The van der Waals surface area contributed by atoms with Gasteiger partial charge in [0.05, 0.1) is 0 Å². The molecule has 0 radical (unpaired) electrons. The first-order valence-corrected chi connectivity index (χ1v) is 5.50. The molecule has 5 N–H and O–H groups in total. The molecule has 100 valence electrons. The van der Waals surface area contributed by atoms with E-state index in [1.165, 1.54) is 19.1 Å². The van der Waals surface area contributed by atoms with Crippen LogP contribution in [-0.2, 0) is 16.0 Å². The Hall–Kier alpha value is -1.63. The van der Waals surface area contributed by atoms with Crippen LogP contribution in [0, 0.1) is 0 Å². The number of aromatic hydroxyl groups is 1. The second-order valence-electron chi connectivity index (χ2n) is 4.05. The van der Waals surface area contributed by atoms with E-state index in [0.717, 1.165) is 0 Å². The molecule has 0 heterocycles. The lowest BCUT2D eigenvalue weighted by atomic mass is 10.1. The summed E-state index contributed by atoms with van der Waals surface area (Å²) >= 11 is 0. The monoisotopic (exact) mass is 255 g/mol. The van der Waals surface area contributed by atoms with E-state index in [9.17, 15) is 9.90 Å². The smallest absolute Gasteiger partial charge is 0.325 e. The second kappa shape index (κ2) is 6.34. The molecular formula is C12H17NO5. The fourth-order valence-corrected chi connectivity index (χ4v) is 1.33. The summed E-state index contributed by atoms with van der Waals surface area (Å²) in [4.78, 5) is 11.5. The van der Waals surface area contributed by atoms with Crippen molar-refractivity contribution in [2.24, 2.45) is 5.73 Å². The van der Waals surface area contributed by atoms with Gasteiger partial charge < -0.3 is 25.8 Å². The van der Waals surface area contributed by atoms with Crippen LogP contribution in [0.1, 0.15) is 12.5 Å². The summed E-state index contributed by atoms with van der Waals surface area (Å²) in [6.45, 7) is 1.29. The number of hydrogen-bond acceptors (Lipinski definition) is 6. The normalized spacial score (nSPS) is 15.8. The first kappa shape index (κ1) is 14.4. The highest BCUT2D eigenvalue weighted by Crippen LogP contribution is 2.12. The van der Waals surface area contributed by atoms with Gasteiger partial charge in [0.1, 0.15) is 17.9 Å². The van der Waals surface area contributed by atoms with Crippen LogP contribution >= 0.6 is 0 Å². The largest absolute Gasteiger partial charge is 0.508 e. The van der Waals surface area contributed by atoms with Crippen molar-refractivity contribution in [1.29, 1.82) is 0 Å². The highest BCUT2D eigenvalue weighted by Gasteiger charge is 2.21. The predicted octanol–water partition coefficient (Wildman–Crippen LogP) is -0.496. The Morgan fingerprint density at radius 1 is 1.44 bits per heavy atom. The summed E-state index contributed by atoms with van der Waals surface area (Å²) in [6.07, 6.45) is -2.60. The number of benzene rings is 1. The molecule has 6 heteroatoms. The first-order chi connectivity index (χ1) is 8.40. The standard InChI is InChI=1S/C12H17NO5/c1-7(14)11(16)18-12(17)10(13)6-8-3-2-4-9(15)5-8/h2-5,7,10-11,14-16H,6,13H2,1H3/t7?,10-,11?/m0/s1. The van der Waals surface area contributed by atoms with Gasteiger partial charge in [-0.15, -0.1) is 0 Å². The Balaban J connectivity index is 2.55. The molecule has 0 bridgehead atoms. The number of phenols is 1. The lowest BCUT2D eigenvalue weighted by molar-refractivity contribution is -0.185. The number of nitrogens with two attached hydrogens (primary N) is 1. The molecule has 0 aromatic heterocycles. The summed E-state index contributed by atoms with van der Waals surface area (Å²) in [5, 5.41) is 27.4. The SMILES string of the molecule is CC(O)C(O)OC(=O)[C@@H](N)Cc1cccc(O)c1. The van der Waals surface area contributed by atoms with E-state index in [1.807, 2.05) is 0 Å². The van der Waals surface area contributed by atoms with Crippen LogP contribution < -0.4 is 5.73 Å². The summed E-state index contributed by atoms with van der Waals surface area (Å²) < 4.78 is 4.56. The van der Waals surface area contributed by atoms with Crippen LogP contribution in [0.25, 0.3) is 0 Å². The maximum absolute atomic E-state index is 11.5. The van der Waals surface area contributed by atoms with Crippen molar-refractivity contribution in [2.75, 3.05) is 0 Å². The molecular weight excluding hydrogens is 238 g/mol. The zero-order valence-corrected chi connectivity index (χ0v) is 9.98. The molecule has 3 atom stereocenters. The van der Waals surface area contributed by atoms with Crippen molar-refractivity contribution in [3.8, 4) is 5.75 Å². The quantitative estimate of drug-likeness (QED) is 0.417. The summed E-state index contributed by atoms with van der Waals surface area (Å²) in [5.41, 5.74) is 6.27. The number of ether oxygens (including phenoxy) is 1. The van der Waals surface area contributed by atoms with Gasteiger partial charge in [0, 0.05) is 0 Å². The van der Waals surface area contributed by atoms with E-state index in [2.05, 4.69) is 4.74 Å². The molecule has 0 saturated carbocycles. The van der Waals surface area contributed by atoms with Crippen LogP contribution in [0.4, 0.5) is 0 Å². The second-order valence-corrected chi connectivity index (χ2v) is 4.05.